The maximum atomic E-state index is 13.4. The van der Waals surface area contributed by atoms with Crippen molar-refractivity contribution in [1.29, 1.82) is 0 Å². The molecule has 0 aliphatic rings. The van der Waals surface area contributed by atoms with E-state index < -0.39 is 35.9 Å². The van der Waals surface area contributed by atoms with E-state index in [9.17, 15) is 27.2 Å². The topological polar surface area (TPSA) is 58.2 Å². The maximum absolute atomic E-state index is 13.4. The van der Waals surface area contributed by atoms with Gasteiger partial charge in [0.05, 0.1) is 17.8 Å². The average Bonchev–Trinajstić information content (AvgIpc) is 2.54. The maximum Gasteiger partial charge on any atom is 0.416 e. The number of carbonyl (C=O) groups is 2. The smallest absolute Gasteiger partial charge is 0.343 e. The predicted molar refractivity (Wildman–Crippen MR) is 78.8 cm³/mol. The van der Waals surface area contributed by atoms with E-state index in [1.807, 2.05) is 0 Å². The number of carbonyl (C=O) groups excluding carboxylic acids is 2. The third-order valence-corrected chi connectivity index (χ3v) is 3.03. The molecule has 0 spiro atoms. The zero-order valence-electron chi connectivity index (χ0n) is 12.2. The number of para-hydroxylation sites is 1. The highest BCUT2D eigenvalue weighted by atomic mass is 19.4. The molecule has 0 fully saturated rings. The van der Waals surface area contributed by atoms with Gasteiger partial charge in [0.15, 0.2) is 0 Å². The Balaban J connectivity index is 1.91. The lowest BCUT2D eigenvalue weighted by Crippen LogP contribution is -2.33. The van der Waals surface area contributed by atoms with Crippen molar-refractivity contribution in [2.75, 3.05) is 11.9 Å². The third kappa shape index (κ3) is 4.55. The summed E-state index contributed by atoms with van der Waals surface area (Å²) in [5.74, 6) is -2.01. The minimum Gasteiger partial charge on any atom is -0.343 e. The molecule has 0 aliphatic heterocycles. The van der Waals surface area contributed by atoms with Gasteiger partial charge in [0.1, 0.15) is 5.82 Å². The largest absolute Gasteiger partial charge is 0.416 e. The summed E-state index contributed by atoms with van der Waals surface area (Å²) in [5.41, 5.74) is -0.940. The number of rotatable bonds is 4. The van der Waals surface area contributed by atoms with Gasteiger partial charge >= 0.3 is 6.18 Å². The number of anilines is 1. The fourth-order valence-corrected chi connectivity index (χ4v) is 1.83. The lowest BCUT2D eigenvalue weighted by Gasteiger charge is -2.09. The Morgan fingerprint density at radius 2 is 1.58 bits per heavy atom. The van der Waals surface area contributed by atoms with E-state index in [1.165, 1.54) is 18.2 Å². The molecule has 2 aromatic rings. The predicted octanol–water partition coefficient (Wildman–Crippen LogP) is 3.21. The minimum absolute atomic E-state index is 0.0262. The number of hydrogen-bond donors (Lipinski definition) is 2. The molecule has 0 aliphatic carbocycles. The van der Waals surface area contributed by atoms with Gasteiger partial charge < -0.3 is 10.6 Å². The van der Waals surface area contributed by atoms with E-state index >= 15 is 0 Å². The fourth-order valence-electron chi connectivity index (χ4n) is 1.83. The molecule has 0 radical (unpaired) electrons. The molecule has 0 saturated heterocycles. The number of hydrogen-bond acceptors (Lipinski definition) is 2. The monoisotopic (exact) mass is 340 g/mol. The molecule has 0 heterocycles. The summed E-state index contributed by atoms with van der Waals surface area (Å²) < 4.78 is 50.6. The zero-order chi connectivity index (χ0) is 17.7. The first kappa shape index (κ1) is 17.5. The van der Waals surface area contributed by atoms with Gasteiger partial charge in [-0.25, -0.2) is 4.39 Å². The van der Waals surface area contributed by atoms with Crippen LogP contribution >= 0.6 is 0 Å². The van der Waals surface area contributed by atoms with Gasteiger partial charge in [-0.15, -0.1) is 0 Å². The van der Waals surface area contributed by atoms with Crippen LogP contribution in [0.1, 0.15) is 15.9 Å². The molecule has 2 N–H and O–H groups in total. The molecule has 8 heteroatoms. The lowest BCUT2D eigenvalue weighted by molar-refractivity contribution is -0.137. The van der Waals surface area contributed by atoms with Crippen molar-refractivity contribution in [3.63, 3.8) is 0 Å². The lowest BCUT2D eigenvalue weighted by atomic mass is 10.1. The second-order valence-electron chi connectivity index (χ2n) is 4.79. The van der Waals surface area contributed by atoms with Gasteiger partial charge in [-0.3, -0.25) is 9.59 Å². The molecule has 24 heavy (non-hydrogen) atoms. The van der Waals surface area contributed by atoms with Crippen molar-refractivity contribution < 1.29 is 27.2 Å². The molecule has 0 saturated carbocycles. The van der Waals surface area contributed by atoms with Crippen molar-refractivity contribution in [3.8, 4) is 0 Å². The number of nitrogens with one attached hydrogen (secondary N) is 2. The Labute approximate surface area is 134 Å². The van der Waals surface area contributed by atoms with Crippen LogP contribution in [-0.4, -0.2) is 18.4 Å². The Morgan fingerprint density at radius 3 is 2.17 bits per heavy atom. The van der Waals surface area contributed by atoms with Crippen molar-refractivity contribution in [1.82, 2.24) is 5.32 Å². The summed E-state index contributed by atoms with van der Waals surface area (Å²) in [5, 5.41) is 4.51. The van der Waals surface area contributed by atoms with Crippen molar-refractivity contribution >= 4 is 17.5 Å². The summed E-state index contributed by atoms with van der Waals surface area (Å²) in [4.78, 5) is 23.4. The molecule has 0 bridgehead atoms. The van der Waals surface area contributed by atoms with Gasteiger partial charge in [0.25, 0.3) is 5.91 Å². The fraction of sp³-hybridized carbons (Fsp3) is 0.125. The Hall–Kier alpha value is -2.90. The summed E-state index contributed by atoms with van der Waals surface area (Å²) in [7, 11) is 0. The number of halogens is 4. The van der Waals surface area contributed by atoms with E-state index in [1.54, 1.807) is 0 Å². The van der Waals surface area contributed by atoms with E-state index in [-0.39, 0.29) is 11.3 Å². The van der Waals surface area contributed by atoms with Gasteiger partial charge in [-0.2, -0.15) is 13.2 Å². The first-order valence-electron chi connectivity index (χ1n) is 6.77. The van der Waals surface area contributed by atoms with Gasteiger partial charge in [-0.1, -0.05) is 12.1 Å². The van der Waals surface area contributed by atoms with E-state index in [4.69, 9.17) is 0 Å². The highest BCUT2D eigenvalue weighted by Gasteiger charge is 2.30. The van der Waals surface area contributed by atoms with Crippen molar-refractivity contribution in [2.45, 2.75) is 6.18 Å². The van der Waals surface area contributed by atoms with Crippen LogP contribution in [0.15, 0.2) is 48.5 Å². The summed E-state index contributed by atoms with van der Waals surface area (Å²) >= 11 is 0. The normalized spacial score (nSPS) is 11.0. The molecule has 2 rings (SSSR count). The van der Waals surface area contributed by atoms with Gasteiger partial charge in [-0.05, 0) is 36.4 Å². The molecule has 0 unspecified atom stereocenters. The molecular weight excluding hydrogens is 328 g/mol. The Morgan fingerprint density at radius 1 is 0.958 bits per heavy atom. The molecule has 0 atom stereocenters. The summed E-state index contributed by atoms with van der Waals surface area (Å²) in [6, 6.07) is 9.06. The van der Waals surface area contributed by atoms with Crippen LogP contribution in [0.2, 0.25) is 0 Å². The molecule has 0 aromatic heterocycles. The van der Waals surface area contributed by atoms with Crippen LogP contribution in [0.3, 0.4) is 0 Å². The minimum atomic E-state index is -4.49. The second-order valence-corrected chi connectivity index (χ2v) is 4.79. The van der Waals surface area contributed by atoms with Crippen LogP contribution in [0.4, 0.5) is 23.2 Å². The van der Waals surface area contributed by atoms with Crippen LogP contribution in [0.5, 0.6) is 0 Å². The third-order valence-electron chi connectivity index (χ3n) is 3.03. The van der Waals surface area contributed by atoms with Crippen LogP contribution < -0.4 is 10.6 Å². The molecule has 2 aromatic carbocycles. The number of amides is 2. The van der Waals surface area contributed by atoms with Crippen LogP contribution in [-0.2, 0) is 11.0 Å². The molecule has 4 nitrogen and oxygen atoms in total. The SMILES string of the molecule is O=C(CNC(=O)c1ccc(C(F)(F)F)cc1)Nc1ccccc1F. The number of benzene rings is 2. The zero-order valence-corrected chi connectivity index (χ0v) is 12.2. The van der Waals surface area contributed by atoms with Gasteiger partial charge in [0, 0.05) is 5.56 Å². The van der Waals surface area contributed by atoms with E-state index in [0.29, 0.717) is 0 Å². The highest BCUT2D eigenvalue weighted by Crippen LogP contribution is 2.29. The highest BCUT2D eigenvalue weighted by molar-refractivity contribution is 5.99. The summed E-state index contributed by atoms with van der Waals surface area (Å²) in [6.45, 7) is -0.450. The standard InChI is InChI=1S/C16H12F4N2O2/c17-12-3-1-2-4-13(12)22-14(23)9-21-15(24)10-5-7-11(8-6-10)16(18,19)20/h1-8H,9H2,(H,21,24)(H,22,23). The Bertz CT molecular complexity index is 742. The van der Waals surface area contributed by atoms with E-state index in [0.717, 1.165) is 30.3 Å². The first-order valence-corrected chi connectivity index (χ1v) is 6.77. The average molecular weight is 340 g/mol. The van der Waals surface area contributed by atoms with Crippen LogP contribution in [0, 0.1) is 5.82 Å². The molecule has 2 amide bonds. The van der Waals surface area contributed by atoms with Crippen LogP contribution in [0.25, 0.3) is 0 Å². The first-order chi connectivity index (χ1) is 11.3. The van der Waals surface area contributed by atoms with Crippen molar-refractivity contribution in [3.05, 3.63) is 65.5 Å². The number of alkyl halides is 3. The van der Waals surface area contributed by atoms with E-state index in [2.05, 4.69) is 10.6 Å². The summed E-state index contributed by atoms with van der Waals surface area (Å²) in [6.07, 6.45) is -4.49. The second kappa shape index (κ2) is 7.12. The molecular formula is C16H12F4N2O2. The quantitative estimate of drug-likeness (QED) is 0.840. The van der Waals surface area contributed by atoms with Crippen molar-refractivity contribution in [2.24, 2.45) is 0 Å². The molecule has 126 valence electrons. The Kier molecular flexibility index (Phi) is 5.18. The van der Waals surface area contributed by atoms with Gasteiger partial charge in [0.2, 0.25) is 5.91 Å².